The number of nitrogens with zero attached hydrogens (tertiary/aromatic N) is 2. The fraction of sp³-hybridized carbons (Fsp3) is 0.682. The minimum Gasteiger partial charge on any atom is -0.494 e. The molecule has 0 aromatic heterocycles. The molecule has 0 atom stereocenters. The van der Waals surface area contributed by atoms with Gasteiger partial charge < -0.3 is 19.3 Å². The predicted molar refractivity (Wildman–Crippen MR) is 107 cm³/mol. The van der Waals surface area contributed by atoms with Crippen molar-refractivity contribution in [2.45, 2.75) is 44.4 Å². The van der Waals surface area contributed by atoms with Gasteiger partial charge in [-0.25, -0.2) is 0 Å². The summed E-state index contributed by atoms with van der Waals surface area (Å²) in [4.78, 5) is 17.4. The summed E-state index contributed by atoms with van der Waals surface area (Å²) in [6.45, 7) is 8.35. The Morgan fingerprint density at radius 2 is 1.85 bits per heavy atom. The van der Waals surface area contributed by atoms with Gasteiger partial charge in [-0.05, 0) is 69.8 Å². The van der Waals surface area contributed by atoms with Gasteiger partial charge in [-0.2, -0.15) is 0 Å². The molecule has 0 aliphatic carbocycles. The van der Waals surface area contributed by atoms with E-state index in [0.29, 0.717) is 13.2 Å². The molecule has 3 rings (SSSR count). The van der Waals surface area contributed by atoms with Crippen LogP contribution in [-0.4, -0.2) is 68.8 Å². The number of ether oxygens (including phenoxy) is 2. The van der Waals surface area contributed by atoms with Gasteiger partial charge in [-0.1, -0.05) is 12.1 Å². The van der Waals surface area contributed by atoms with Crippen molar-refractivity contribution in [1.29, 1.82) is 0 Å². The number of likely N-dealkylation sites (N-methyl/N-ethyl adjacent to an activating group) is 1. The highest BCUT2D eigenvalue weighted by Gasteiger charge is 2.43. The zero-order valence-corrected chi connectivity index (χ0v) is 16.9. The van der Waals surface area contributed by atoms with Crippen LogP contribution < -0.4 is 4.74 Å². The highest BCUT2D eigenvalue weighted by atomic mass is 16.5. The van der Waals surface area contributed by atoms with Crippen molar-refractivity contribution in [1.82, 2.24) is 9.80 Å². The van der Waals surface area contributed by atoms with Gasteiger partial charge in [0.25, 0.3) is 0 Å². The Bertz CT molecular complexity index is 590. The van der Waals surface area contributed by atoms with Gasteiger partial charge in [0, 0.05) is 33.4 Å². The normalized spacial score (nSPS) is 19.8. The van der Waals surface area contributed by atoms with Crippen LogP contribution >= 0.6 is 0 Å². The van der Waals surface area contributed by atoms with E-state index < -0.39 is 5.41 Å². The number of rotatable bonds is 8. The maximum Gasteiger partial charge on any atom is 0.233 e. The van der Waals surface area contributed by atoms with Crippen LogP contribution in [0.1, 0.15) is 44.6 Å². The summed E-state index contributed by atoms with van der Waals surface area (Å²) in [6, 6.07) is 8.17. The van der Waals surface area contributed by atoms with Gasteiger partial charge in [0.1, 0.15) is 5.75 Å². The van der Waals surface area contributed by atoms with Gasteiger partial charge in [-0.15, -0.1) is 0 Å². The van der Waals surface area contributed by atoms with E-state index in [1.807, 2.05) is 31.0 Å². The number of carbonyl (C=O) groups excluding carboxylic acids is 1. The molecule has 2 heterocycles. The smallest absolute Gasteiger partial charge is 0.233 e. The lowest BCUT2D eigenvalue weighted by atomic mass is 9.73. The van der Waals surface area contributed by atoms with E-state index >= 15 is 0 Å². The topological polar surface area (TPSA) is 42.0 Å². The number of amides is 1. The third-order valence-electron chi connectivity index (χ3n) is 6.07. The van der Waals surface area contributed by atoms with Crippen LogP contribution in [0.15, 0.2) is 24.3 Å². The minimum atomic E-state index is -0.461. The predicted octanol–water partition coefficient (Wildman–Crippen LogP) is 3.08. The van der Waals surface area contributed by atoms with E-state index in [1.54, 1.807) is 0 Å². The number of carbonyl (C=O) groups is 1. The van der Waals surface area contributed by atoms with E-state index in [9.17, 15) is 4.79 Å². The van der Waals surface area contributed by atoms with E-state index in [4.69, 9.17) is 9.47 Å². The van der Waals surface area contributed by atoms with Crippen LogP contribution in [0.3, 0.4) is 0 Å². The fourth-order valence-electron chi connectivity index (χ4n) is 4.21. The van der Waals surface area contributed by atoms with Crippen molar-refractivity contribution >= 4 is 5.91 Å². The summed E-state index contributed by atoms with van der Waals surface area (Å²) in [5, 5.41) is 0. The third kappa shape index (κ3) is 4.82. The van der Waals surface area contributed by atoms with E-state index in [1.165, 1.54) is 25.9 Å². The molecule has 0 spiro atoms. The van der Waals surface area contributed by atoms with Crippen LogP contribution in [0, 0.1) is 0 Å². The molecule has 2 aliphatic rings. The van der Waals surface area contributed by atoms with Crippen molar-refractivity contribution in [2.24, 2.45) is 0 Å². The first-order valence-electron chi connectivity index (χ1n) is 10.4. The molecule has 27 heavy (non-hydrogen) atoms. The van der Waals surface area contributed by atoms with Gasteiger partial charge in [0.15, 0.2) is 0 Å². The highest BCUT2D eigenvalue weighted by Crippen LogP contribution is 2.37. The Morgan fingerprint density at radius 3 is 2.48 bits per heavy atom. The molecule has 2 saturated heterocycles. The fourth-order valence-corrected chi connectivity index (χ4v) is 4.21. The lowest BCUT2D eigenvalue weighted by molar-refractivity contribution is -0.139. The summed E-state index contributed by atoms with van der Waals surface area (Å²) in [5.74, 6) is 1.09. The average Bonchev–Trinajstić information content (AvgIpc) is 3.24. The lowest BCUT2D eigenvalue weighted by Crippen LogP contribution is -2.48. The Hall–Kier alpha value is -1.59. The molecule has 0 radical (unpaired) electrons. The minimum absolute atomic E-state index is 0.201. The molecule has 5 heteroatoms. The van der Waals surface area contributed by atoms with Gasteiger partial charge >= 0.3 is 0 Å². The SMILES string of the molecule is CCN(C)C(=O)C1(c2ccc(OCCCN3CCCC3)cc2)CCOCC1. The summed E-state index contributed by atoms with van der Waals surface area (Å²) < 4.78 is 11.5. The Kier molecular flexibility index (Phi) is 7.13. The zero-order chi connectivity index (χ0) is 19.1. The zero-order valence-electron chi connectivity index (χ0n) is 16.9. The first-order chi connectivity index (χ1) is 13.2. The molecule has 1 aromatic carbocycles. The summed E-state index contributed by atoms with van der Waals surface area (Å²) >= 11 is 0. The number of hydrogen-bond acceptors (Lipinski definition) is 4. The van der Waals surface area contributed by atoms with E-state index in [-0.39, 0.29) is 5.91 Å². The summed E-state index contributed by atoms with van der Waals surface area (Å²) in [5.41, 5.74) is 0.623. The van der Waals surface area contributed by atoms with Gasteiger partial charge in [0.05, 0.1) is 12.0 Å². The molecule has 0 bridgehead atoms. The molecule has 5 nitrogen and oxygen atoms in total. The molecule has 0 saturated carbocycles. The Balaban J connectivity index is 1.60. The van der Waals surface area contributed by atoms with Crippen LogP contribution in [0.4, 0.5) is 0 Å². The highest BCUT2D eigenvalue weighted by molar-refractivity contribution is 5.88. The molecular formula is C22H34N2O3. The second-order valence-corrected chi connectivity index (χ2v) is 7.79. The van der Waals surface area contributed by atoms with Gasteiger partial charge in [-0.3, -0.25) is 4.79 Å². The van der Waals surface area contributed by atoms with Crippen LogP contribution in [0.25, 0.3) is 0 Å². The van der Waals surface area contributed by atoms with Crippen molar-refractivity contribution in [2.75, 3.05) is 53.0 Å². The number of benzene rings is 1. The number of likely N-dealkylation sites (tertiary alicyclic amines) is 1. The second-order valence-electron chi connectivity index (χ2n) is 7.79. The monoisotopic (exact) mass is 374 g/mol. The third-order valence-corrected chi connectivity index (χ3v) is 6.07. The molecule has 0 unspecified atom stereocenters. The molecule has 1 aromatic rings. The molecule has 150 valence electrons. The molecular weight excluding hydrogens is 340 g/mol. The van der Waals surface area contributed by atoms with Crippen molar-refractivity contribution < 1.29 is 14.3 Å². The summed E-state index contributed by atoms with van der Waals surface area (Å²) in [7, 11) is 1.89. The van der Waals surface area contributed by atoms with Crippen LogP contribution in [0.5, 0.6) is 5.75 Å². The standard InChI is InChI=1S/C22H34N2O3/c1-3-23(2)21(25)22(11-17-26-18-12-22)19-7-9-20(10-8-19)27-16-6-15-24-13-4-5-14-24/h7-10H,3-6,11-18H2,1-2H3. The van der Waals surface area contributed by atoms with Crippen molar-refractivity contribution in [3.63, 3.8) is 0 Å². The van der Waals surface area contributed by atoms with Crippen LogP contribution in [-0.2, 0) is 14.9 Å². The Morgan fingerprint density at radius 1 is 1.19 bits per heavy atom. The van der Waals surface area contributed by atoms with E-state index in [2.05, 4.69) is 17.0 Å². The molecule has 2 aliphatic heterocycles. The maximum absolute atomic E-state index is 13.1. The summed E-state index contributed by atoms with van der Waals surface area (Å²) in [6.07, 6.45) is 5.21. The number of hydrogen-bond donors (Lipinski definition) is 0. The van der Waals surface area contributed by atoms with Crippen LogP contribution in [0.2, 0.25) is 0 Å². The largest absolute Gasteiger partial charge is 0.494 e. The first-order valence-corrected chi connectivity index (χ1v) is 10.4. The Labute approximate surface area is 163 Å². The maximum atomic E-state index is 13.1. The van der Waals surface area contributed by atoms with E-state index in [0.717, 1.165) is 50.3 Å². The molecule has 2 fully saturated rings. The average molecular weight is 375 g/mol. The quantitative estimate of drug-likeness (QED) is 0.656. The first kappa shape index (κ1) is 20.2. The molecule has 0 N–H and O–H groups in total. The molecule has 1 amide bonds. The van der Waals surface area contributed by atoms with Gasteiger partial charge in [0.2, 0.25) is 5.91 Å². The second kappa shape index (κ2) is 9.56. The van der Waals surface area contributed by atoms with Crippen molar-refractivity contribution in [3.05, 3.63) is 29.8 Å². The van der Waals surface area contributed by atoms with Crippen molar-refractivity contribution in [3.8, 4) is 5.75 Å². The lowest BCUT2D eigenvalue weighted by Gasteiger charge is -2.39.